The zero-order chi connectivity index (χ0) is 34.3. The van der Waals surface area contributed by atoms with Gasteiger partial charge in [0, 0.05) is 68.3 Å². The van der Waals surface area contributed by atoms with Crippen molar-refractivity contribution in [2.45, 2.75) is 23.8 Å². The van der Waals surface area contributed by atoms with Crippen LogP contribution < -0.4 is 5.32 Å². The van der Waals surface area contributed by atoms with Crippen LogP contribution in [0.25, 0.3) is 0 Å². The third kappa shape index (κ3) is 9.01. The number of amides is 2. The van der Waals surface area contributed by atoms with E-state index in [2.05, 4.69) is 5.32 Å². The molecule has 4 N–H and O–H groups in total. The summed E-state index contributed by atoms with van der Waals surface area (Å²) in [5.41, 5.74) is -0.710. The molecule has 2 aliphatic heterocycles. The largest absolute Gasteiger partial charge is 0.478 e. The first-order valence-corrected chi connectivity index (χ1v) is 15.0. The molecule has 0 aromatic heterocycles. The van der Waals surface area contributed by atoms with Crippen LogP contribution in [-0.4, -0.2) is 108 Å². The molecule has 0 aliphatic carbocycles. The summed E-state index contributed by atoms with van der Waals surface area (Å²) in [6.45, 7) is 1.54. The predicted molar refractivity (Wildman–Crippen MR) is 153 cm³/mol. The number of hydrogen-bond donors (Lipinski definition) is 4. The molecule has 4 rings (SSSR count). The van der Waals surface area contributed by atoms with E-state index in [4.69, 9.17) is 10.2 Å². The second-order valence-electron chi connectivity index (χ2n) is 10.4. The highest BCUT2D eigenvalue weighted by Crippen LogP contribution is 2.31. The average Bonchev–Trinajstić information content (AvgIpc) is 2.99. The number of sulfonamides is 1. The molecule has 0 radical (unpaired) electrons. The molecule has 250 valence electrons. The zero-order valence-corrected chi connectivity index (χ0v) is 25.0. The lowest BCUT2D eigenvalue weighted by molar-refractivity contribution is -0.134. The highest BCUT2D eigenvalue weighted by Gasteiger charge is 2.39. The Kier molecular flexibility index (Phi) is 11.8. The minimum Gasteiger partial charge on any atom is -0.478 e. The number of carbonyl (C=O) groups is 4. The summed E-state index contributed by atoms with van der Waals surface area (Å²) in [6.07, 6.45) is 0.821. The number of anilines is 1. The number of piperidine rings is 1. The molecular weight excluding hydrogens is 644 g/mol. The number of carbonyl (C=O) groups excluding carboxylic acids is 1. The van der Waals surface area contributed by atoms with Crippen LogP contribution in [0.3, 0.4) is 0 Å². The fourth-order valence-corrected chi connectivity index (χ4v) is 6.61. The molecule has 46 heavy (non-hydrogen) atoms. The van der Waals surface area contributed by atoms with E-state index in [1.807, 2.05) is 11.9 Å². The molecule has 2 heterocycles. The Morgan fingerprint density at radius 1 is 0.848 bits per heavy atom. The van der Waals surface area contributed by atoms with Crippen LogP contribution in [-0.2, 0) is 19.6 Å². The van der Waals surface area contributed by atoms with E-state index < -0.39 is 67.8 Å². The third-order valence-corrected chi connectivity index (χ3v) is 9.25. The van der Waals surface area contributed by atoms with Crippen molar-refractivity contribution in [1.29, 1.82) is 0 Å². The van der Waals surface area contributed by atoms with Gasteiger partial charge in [0.15, 0.2) is 17.5 Å². The van der Waals surface area contributed by atoms with Gasteiger partial charge >= 0.3 is 18.0 Å². The van der Waals surface area contributed by atoms with Gasteiger partial charge in [0.1, 0.15) is 10.7 Å². The van der Waals surface area contributed by atoms with Gasteiger partial charge < -0.3 is 30.4 Å². The van der Waals surface area contributed by atoms with Crippen LogP contribution in [0.15, 0.2) is 47.4 Å². The highest BCUT2D eigenvalue weighted by molar-refractivity contribution is 7.89. The van der Waals surface area contributed by atoms with E-state index >= 15 is 0 Å². The minimum atomic E-state index is -4.37. The van der Waals surface area contributed by atoms with Crippen molar-refractivity contribution in [3.63, 3.8) is 0 Å². The van der Waals surface area contributed by atoms with E-state index in [0.29, 0.717) is 56.8 Å². The van der Waals surface area contributed by atoms with Crippen LogP contribution in [0.2, 0.25) is 0 Å². The number of hydrogen-bond acceptors (Lipinski definition) is 7. The topological polar surface area (TPSA) is 185 Å². The Morgan fingerprint density at radius 2 is 1.41 bits per heavy atom. The van der Waals surface area contributed by atoms with E-state index in [9.17, 15) is 50.3 Å². The normalized spacial score (nSPS) is 18.1. The maximum atomic E-state index is 14.7. The van der Waals surface area contributed by atoms with Gasteiger partial charge in [0.05, 0.1) is 6.04 Å². The summed E-state index contributed by atoms with van der Waals surface area (Å²) in [5.74, 6) is -9.45. The molecule has 0 spiro atoms. The summed E-state index contributed by atoms with van der Waals surface area (Å²) in [6, 6.07) is 3.44. The Hall–Kier alpha value is -4.55. The van der Waals surface area contributed by atoms with Gasteiger partial charge in [-0.2, -0.15) is 4.31 Å². The number of nitrogens with zero attached hydrogens (tertiary/aromatic N) is 3. The Balaban J connectivity index is 0.000000637. The molecule has 2 aromatic carbocycles. The van der Waals surface area contributed by atoms with Gasteiger partial charge in [0.25, 0.3) is 5.91 Å². The van der Waals surface area contributed by atoms with Crippen molar-refractivity contribution in [3.05, 3.63) is 71.3 Å². The van der Waals surface area contributed by atoms with Crippen molar-refractivity contribution < 1.29 is 60.5 Å². The van der Waals surface area contributed by atoms with Crippen LogP contribution in [0.4, 0.5) is 28.0 Å². The fourth-order valence-electron chi connectivity index (χ4n) is 5.05. The number of likely N-dealkylation sites (N-methyl/N-ethyl adjacent to an activating group) is 1. The number of piperazine rings is 1. The van der Waals surface area contributed by atoms with E-state index in [1.165, 1.54) is 4.90 Å². The first-order valence-electron chi connectivity index (χ1n) is 13.6. The molecule has 1 unspecified atom stereocenters. The lowest BCUT2D eigenvalue weighted by atomic mass is 9.88. The van der Waals surface area contributed by atoms with Gasteiger partial charge in [-0.05, 0) is 44.0 Å². The number of nitrogens with one attached hydrogen (secondary N) is 1. The quantitative estimate of drug-likeness (QED) is 0.193. The zero-order valence-electron chi connectivity index (χ0n) is 24.2. The first-order chi connectivity index (χ1) is 21.5. The Labute approximate surface area is 260 Å². The van der Waals surface area contributed by atoms with E-state index in [0.717, 1.165) is 22.5 Å². The summed E-state index contributed by atoms with van der Waals surface area (Å²) in [7, 11) is -2.48. The summed E-state index contributed by atoms with van der Waals surface area (Å²) in [4.78, 5) is 46.0. The highest BCUT2D eigenvalue weighted by atomic mass is 32.2. The number of rotatable bonds is 7. The van der Waals surface area contributed by atoms with Crippen LogP contribution in [0.5, 0.6) is 0 Å². The van der Waals surface area contributed by atoms with Crippen LogP contribution >= 0.6 is 0 Å². The maximum Gasteiger partial charge on any atom is 0.407 e. The lowest BCUT2D eigenvalue weighted by Crippen LogP contribution is -2.58. The smallest absolute Gasteiger partial charge is 0.407 e. The van der Waals surface area contributed by atoms with Crippen molar-refractivity contribution in [3.8, 4) is 0 Å². The molecule has 2 fully saturated rings. The molecule has 2 saturated heterocycles. The van der Waals surface area contributed by atoms with Gasteiger partial charge in [-0.1, -0.05) is 0 Å². The van der Waals surface area contributed by atoms with E-state index in [-0.39, 0.29) is 30.6 Å². The molecule has 2 aliphatic rings. The number of aliphatic carboxylic acids is 2. The van der Waals surface area contributed by atoms with Gasteiger partial charge in [-0.3, -0.25) is 4.79 Å². The molecule has 13 nitrogen and oxygen atoms in total. The van der Waals surface area contributed by atoms with Crippen LogP contribution in [0.1, 0.15) is 23.2 Å². The summed E-state index contributed by atoms with van der Waals surface area (Å²) < 4.78 is 82.4. The van der Waals surface area contributed by atoms with Gasteiger partial charge in [-0.25, -0.2) is 40.4 Å². The predicted octanol–water partition coefficient (Wildman–Crippen LogP) is 2.90. The Bertz CT molecular complexity index is 1590. The van der Waals surface area contributed by atoms with Crippen molar-refractivity contribution in [2.75, 3.05) is 45.1 Å². The Morgan fingerprint density at radius 3 is 1.93 bits per heavy atom. The lowest BCUT2D eigenvalue weighted by Gasteiger charge is -2.44. The van der Waals surface area contributed by atoms with E-state index in [1.54, 1.807) is 0 Å². The molecule has 1 atom stereocenters. The second-order valence-corrected chi connectivity index (χ2v) is 12.3. The van der Waals surface area contributed by atoms with Crippen molar-refractivity contribution in [2.24, 2.45) is 5.92 Å². The van der Waals surface area contributed by atoms with Gasteiger partial charge in [-0.15, -0.1) is 0 Å². The maximum absolute atomic E-state index is 14.7. The van der Waals surface area contributed by atoms with Gasteiger partial charge in [0.2, 0.25) is 10.0 Å². The minimum absolute atomic E-state index is 0.0324. The number of carboxylic acid groups (broad SMARTS) is 3. The SMILES string of the molecule is CN1CCN(C(=O)O)C(C2CCN(S(=O)(=O)c3cc(C(=O)Nc4cc(F)c(F)c(F)c4)ccc3F)CC2)C1.O=C(O)/C=C/C(=O)O. The molecule has 2 amide bonds. The van der Waals surface area contributed by atoms with Crippen LogP contribution in [0, 0.1) is 29.2 Å². The monoisotopic (exact) mass is 674 g/mol. The first kappa shape index (κ1) is 35.9. The summed E-state index contributed by atoms with van der Waals surface area (Å²) in [5, 5.41) is 27.3. The third-order valence-electron chi connectivity index (χ3n) is 7.33. The molecule has 2 aromatic rings. The molecule has 0 saturated carbocycles. The number of benzene rings is 2. The standard InChI is InChI=1S/C24H26F4N4O5S.C4H4O4/c1-30-8-9-32(24(34)35)20(13-30)14-4-6-31(7-5-14)38(36,37)21-10-15(2-3-17(21)25)23(33)29-16-11-18(26)22(28)19(27)12-16;5-3(6)1-2-4(7)8/h2-3,10-12,14,20H,4-9,13H2,1H3,(H,29,33)(H,34,35);1-2H,(H,5,6)(H,7,8)/b;2-1+. The molecule has 0 bridgehead atoms. The number of halogens is 4. The number of carboxylic acids is 2. The summed E-state index contributed by atoms with van der Waals surface area (Å²) >= 11 is 0. The average molecular weight is 675 g/mol. The second kappa shape index (κ2) is 15.2. The van der Waals surface area contributed by atoms with Crippen molar-refractivity contribution >= 4 is 39.6 Å². The molecule has 18 heteroatoms. The molecular formula is C28H30F4N4O9S. The fraction of sp³-hybridized carbons (Fsp3) is 0.357. The van der Waals surface area contributed by atoms with Crippen molar-refractivity contribution in [1.82, 2.24) is 14.1 Å².